The predicted octanol–water partition coefficient (Wildman–Crippen LogP) is 7.29. The molecule has 0 bridgehead atoms. The van der Waals surface area contributed by atoms with Crippen molar-refractivity contribution < 1.29 is 23.8 Å². The van der Waals surface area contributed by atoms with E-state index in [-0.39, 0.29) is 11.8 Å². The Morgan fingerprint density at radius 2 is 1.81 bits per heavy atom. The van der Waals surface area contributed by atoms with Gasteiger partial charge in [-0.05, 0) is 101 Å². The van der Waals surface area contributed by atoms with Gasteiger partial charge in [0.2, 0.25) is 0 Å². The first-order valence-electron chi connectivity index (χ1n) is 14.0. The minimum absolute atomic E-state index is 0.0478. The van der Waals surface area contributed by atoms with Crippen molar-refractivity contribution >= 4 is 72.4 Å². The Balaban J connectivity index is 1.37. The number of hydrogen-bond donors (Lipinski definition) is 0. The second-order valence-electron chi connectivity index (χ2n) is 9.69. The normalized spacial score (nSPS) is 17.2. The number of hydrogen-bond acceptors (Lipinski definition) is 7. The molecule has 2 heterocycles. The Labute approximate surface area is 272 Å². The molecule has 0 N–H and O–H groups in total. The molecule has 2 aliphatic heterocycles. The van der Waals surface area contributed by atoms with Crippen LogP contribution in [0.2, 0.25) is 0 Å². The molecule has 2 saturated heterocycles. The largest absolute Gasteiger partial charge is 0.490 e. The van der Waals surface area contributed by atoms with Gasteiger partial charge in [0.1, 0.15) is 6.61 Å². The molecule has 2 amide bonds. The molecular weight excluding hydrogens is 698 g/mol. The third-order valence-corrected chi connectivity index (χ3v) is 8.87. The fraction of sp³-hybridized carbons (Fsp3) is 0.281. The molecule has 2 fully saturated rings. The number of carbonyl (C=O) groups is 2. The Bertz CT molecular complexity index is 1560. The SMILES string of the molecule is CCOc1cc(/C=C2/SC(=Nc3cccc(C(=O)N4CCOCC4)c3)N(CC)C2=O)cc(Br)c1OCc1ccc(Br)cc1. The number of thioether (sulfide) groups is 1. The van der Waals surface area contributed by atoms with E-state index in [1.165, 1.54) is 11.8 Å². The van der Waals surface area contributed by atoms with Crippen LogP contribution >= 0.6 is 43.6 Å². The van der Waals surface area contributed by atoms with Crippen LogP contribution in [0.15, 0.2) is 79.5 Å². The number of benzene rings is 3. The van der Waals surface area contributed by atoms with E-state index in [4.69, 9.17) is 19.2 Å². The van der Waals surface area contributed by atoms with E-state index in [0.29, 0.717) is 78.9 Å². The van der Waals surface area contributed by atoms with Gasteiger partial charge in [0.15, 0.2) is 16.7 Å². The maximum Gasteiger partial charge on any atom is 0.266 e. The lowest BCUT2D eigenvalue weighted by Gasteiger charge is -2.26. The predicted molar refractivity (Wildman–Crippen MR) is 177 cm³/mol. The van der Waals surface area contributed by atoms with Crippen LogP contribution in [0.25, 0.3) is 6.08 Å². The number of rotatable bonds is 9. The quantitative estimate of drug-likeness (QED) is 0.216. The number of ether oxygens (including phenoxy) is 3. The Kier molecular flexibility index (Phi) is 10.6. The van der Waals surface area contributed by atoms with Gasteiger partial charge in [-0.25, -0.2) is 4.99 Å². The van der Waals surface area contributed by atoms with Crippen molar-refractivity contribution in [2.75, 3.05) is 39.5 Å². The van der Waals surface area contributed by atoms with Gasteiger partial charge in [0.05, 0.1) is 34.9 Å². The number of amidine groups is 1. The monoisotopic (exact) mass is 727 g/mol. The summed E-state index contributed by atoms with van der Waals surface area (Å²) in [7, 11) is 0. The van der Waals surface area contributed by atoms with Gasteiger partial charge >= 0.3 is 0 Å². The number of nitrogens with zero attached hydrogens (tertiary/aromatic N) is 3. The molecule has 8 nitrogen and oxygen atoms in total. The van der Waals surface area contributed by atoms with E-state index in [9.17, 15) is 9.59 Å². The third kappa shape index (κ3) is 7.70. The maximum absolute atomic E-state index is 13.4. The van der Waals surface area contributed by atoms with E-state index in [2.05, 4.69) is 31.9 Å². The molecule has 0 spiro atoms. The van der Waals surface area contributed by atoms with E-state index in [1.807, 2.05) is 68.5 Å². The first-order chi connectivity index (χ1) is 20.9. The van der Waals surface area contributed by atoms with Crippen molar-refractivity contribution in [2.45, 2.75) is 20.5 Å². The van der Waals surface area contributed by atoms with Gasteiger partial charge in [-0.15, -0.1) is 0 Å². The lowest BCUT2D eigenvalue weighted by Crippen LogP contribution is -2.40. The summed E-state index contributed by atoms with van der Waals surface area (Å²) in [5, 5.41) is 0.563. The Morgan fingerprint density at radius 1 is 1.05 bits per heavy atom. The summed E-state index contributed by atoms with van der Waals surface area (Å²) in [6.07, 6.45) is 1.84. The standard InChI is InChI=1S/C32H31Br2N3O5S/c1-3-37-31(39)28(43-32(37)35-25-7-5-6-23(19-25)30(38)36-12-14-40-15-13-36)18-22-16-26(34)29(27(17-22)41-4-2)42-20-21-8-10-24(33)11-9-21/h5-11,16-19H,3-4,12-15,20H2,1-2H3/b28-18+,35-32?. The van der Waals surface area contributed by atoms with Crippen LogP contribution in [0, 0.1) is 0 Å². The first kappa shape index (κ1) is 31.3. The van der Waals surface area contributed by atoms with Crippen molar-refractivity contribution in [3.63, 3.8) is 0 Å². The van der Waals surface area contributed by atoms with Gasteiger partial charge in [-0.1, -0.05) is 34.1 Å². The molecule has 0 radical (unpaired) electrons. The average molecular weight is 729 g/mol. The highest BCUT2D eigenvalue weighted by Gasteiger charge is 2.32. The lowest BCUT2D eigenvalue weighted by atomic mass is 10.1. The van der Waals surface area contributed by atoms with Gasteiger partial charge in [-0.2, -0.15) is 0 Å². The van der Waals surface area contributed by atoms with Crippen LogP contribution in [0.4, 0.5) is 5.69 Å². The summed E-state index contributed by atoms with van der Waals surface area (Å²) in [6.45, 7) is 7.35. The molecule has 0 saturated carbocycles. The highest BCUT2D eigenvalue weighted by Crippen LogP contribution is 2.40. The first-order valence-corrected chi connectivity index (χ1v) is 16.4. The summed E-state index contributed by atoms with van der Waals surface area (Å²) in [5.41, 5.74) is 2.99. The van der Waals surface area contributed by atoms with Crippen LogP contribution in [0.1, 0.15) is 35.3 Å². The fourth-order valence-corrected chi connectivity index (χ4v) is 6.50. The minimum Gasteiger partial charge on any atom is -0.490 e. The van der Waals surface area contributed by atoms with Gasteiger partial charge in [0.25, 0.3) is 11.8 Å². The van der Waals surface area contributed by atoms with Crippen molar-refractivity contribution in [3.8, 4) is 11.5 Å². The molecule has 0 aliphatic carbocycles. The number of carbonyl (C=O) groups excluding carboxylic acids is 2. The van der Waals surface area contributed by atoms with E-state index < -0.39 is 0 Å². The molecule has 0 atom stereocenters. The van der Waals surface area contributed by atoms with Crippen molar-refractivity contribution in [1.82, 2.24) is 9.80 Å². The number of aliphatic imine (C=N–C) groups is 1. The van der Waals surface area contributed by atoms with Crippen LogP contribution in [0.3, 0.4) is 0 Å². The lowest BCUT2D eigenvalue weighted by molar-refractivity contribution is -0.122. The summed E-state index contributed by atoms with van der Waals surface area (Å²) in [4.78, 5) is 35.1. The smallest absolute Gasteiger partial charge is 0.266 e. The summed E-state index contributed by atoms with van der Waals surface area (Å²) < 4.78 is 19.2. The van der Waals surface area contributed by atoms with Crippen LogP contribution in [-0.2, 0) is 16.1 Å². The van der Waals surface area contributed by atoms with E-state index in [0.717, 1.165) is 20.1 Å². The zero-order valence-corrected chi connectivity index (χ0v) is 27.8. The molecular formula is C32H31Br2N3O5S. The van der Waals surface area contributed by atoms with Gasteiger partial charge < -0.3 is 19.1 Å². The van der Waals surface area contributed by atoms with Gasteiger partial charge in [-0.3, -0.25) is 14.5 Å². The van der Waals surface area contributed by atoms with Crippen molar-refractivity contribution in [3.05, 3.63) is 91.2 Å². The second kappa shape index (κ2) is 14.6. The number of halogens is 2. The van der Waals surface area contributed by atoms with Gasteiger partial charge in [0, 0.05) is 29.7 Å². The zero-order valence-electron chi connectivity index (χ0n) is 23.8. The number of amides is 2. The van der Waals surface area contributed by atoms with Crippen LogP contribution < -0.4 is 9.47 Å². The molecule has 43 heavy (non-hydrogen) atoms. The van der Waals surface area contributed by atoms with Crippen molar-refractivity contribution in [2.24, 2.45) is 4.99 Å². The summed E-state index contributed by atoms with van der Waals surface area (Å²) in [6, 6.07) is 18.9. The van der Waals surface area contributed by atoms with E-state index >= 15 is 0 Å². The Morgan fingerprint density at radius 3 is 2.53 bits per heavy atom. The summed E-state index contributed by atoms with van der Waals surface area (Å²) >= 11 is 8.40. The molecule has 3 aromatic carbocycles. The van der Waals surface area contributed by atoms with Crippen LogP contribution in [-0.4, -0.2) is 66.2 Å². The van der Waals surface area contributed by atoms with Crippen LogP contribution in [0.5, 0.6) is 11.5 Å². The topological polar surface area (TPSA) is 80.7 Å². The highest BCUT2D eigenvalue weighted by molar-refractivity contribution is 9.10. The molecule has 224 valence electrons. The molecule has 0 unspecified atom stereocenters. The molecule has 0 aromatic heterocycles. The summed E-state index contributed by atoms with van der Waals surface area (Å²) in [5.74, 6) is 1.00. The molecule has 3 aromatic rings. The number of morpholine rings is 1. The third-order valence-electron chi connectivity index (χ3n) is 6.75. The average Bonchev–Trinajstić information content (AvgIpc) is 3.30. The molecule has 5 rings (SSSR count). The maximum atomic E-state index is 13.4. The second-order valence-corrected chi connectivity index (χ2v) is 12.5. The Hall–Kier alpha value is -3.12. The highest BCUT2D eigenvalue weighted by atomic mass is 79.9. The van der Waals surface area contributed by atoms with Crippen molar-refractivity contribution in [1.29, 1.82) is 0 Å². The number of likely N-dealkylation sites (N-methyl/N-ethyl adjacent to an activating group) is 1. The zero-order chi connectivity index (χ0) is 30.3. The van der Waals surface area contributed by atoms with E-state index in [1.54, 1.807) is 21.9 Å². The minimum atomic E-state index is -0.128. The molecule has 2 aliphatic rings. The molecule has 11 heteroatoms. The fourth-order valence-electron chi connectivity index (χ4n) is 4.60.